The first-order chi connectivity index (χ1) is 15.4. The van der Waals surface area contributed by atoms with E-state index in [0.29, 0.717) is 46.2 Å². The van der Waals surface area contributed by atoms with Gasteiger partial charge in [-0.3, -0.25) is 4.79 Å². The Morgan fingerprint density at radius 1 is 1.30 bits per heavy atom. The van der Waals surface area contributed by atoms with Crippen molar-refractivity contribution in [1.29, 1.82) is 0 Å². The molecule has 2 amide bonds. The minimum absolute atomic E-state index is 0.144. The highest BCUT2D eigenvalue weighted by Crippen LogP contribution is 2.33. The maximum absolute atomic E-state index is 12.6. The zero-order valence-corrected chi connectivity index (χ0v) is 20.6. The summed E-state index contributed by atoms with van der Waals surface area (Å²) in [5.74, 6) is 1.27. The number of amides is 2. The average molecular weight is 479 g/mol. The Bertz CT molecular complexity index is 1080. The molecule has 3 N–H and O–H groups in total. The molecule has 3 heterocycles. The summed E-state index contributed by atoms with van der Waals surface area (Å²) >= 11 is 6.19. The number of nitrogens with two attached hydrogens (primary N) is 1. The van der Waals surface area contributed by atoms with Crippen LogP contribution in [0.5, 0.6) is 0 Å². The van der Waals surface area contributed by atoms with E-state index >= 15 is 0 Å². The molecule has 0 unspecified atom stereocenters. The highest BCUT2D eigenvalue weighted by atomic mass is 35.5. The van der Waals surface area contributed by atoms with Crippen LogP contribution in [0, 0.1) is 0 Å². The predicted octanol–water partition coefficient (Wildman–Crippen LogP) is 5.22. The third kappa shape index (κ3) is 7.42. The molecular weight excluding hydrogens is 448 g/mol. The van der Waals surface area contributed by atoms with Gasteiger partial charge in [-0.05, 0) is 39.3 Å². The quantitative estimate of drug-likeness (QED) is 0.465. The number of anilines is 1. The van der Waals surface area contributed by atoms with E-state index in [1.165, 1.54) is 4.90 Å². The Labute approximate surface area is 198 Å². The molecule has 0 aliphatic rings. The number of nitrogens with zero attached hydrogens (tertiary/aromatic N) is 2. The fourth-order valence-electron chi connectivity index (χ4n) is 2.96. The molecule has 180 valence electrons. The van der Waals surface area contributed by atoms with Crippen molar-refractivity contribution < 1.29 is 23.2 Å². The van der Waals surface area contributed by atoms with Gasteiger partial charge in [-0.1, -0.05) is 18.5 Å². The average Bonchev–Trinajstić information content (AvgIpc) is 3.32. The van der Waals surface area contributed by atoms with Crippen LogP contribution in [0.4, 0.5) is 10.5 Å². The maximum atomic E-state index is 12.6. The third-order valence-corrected chi connectivity index (χ3v) is 4.41. The first-order valence-corrected chi connectivity index (χ1v) is 10.9. The van der Waals surface area contributed by atoms with Gasteiger partial charge in [0.2, 0.25) is 0 Å². The summed E-state index contributed by atoms with van der Waals surface area (Å²) in [6.45, 7) is 7.80. The summed E-state index contributed by atoms with van der Waals surface area (Å²) in [7, 11) is 3.41. The summed E-state index contributed by atoms with van der Waals surface area (Å²) in [5, 5.41) is 3.54. The van der Waals surface area contributed by atoms with Crippen LogP contribution in [-0.2, 0) is 17.7 Å². The van der Waals surface area contributed by atoms with E-state index in [9.17, 15) is 9.59 Å². The van der Waals surface area contributed by atoms with Crippen molar-refractivity contribution in [1.82, 2.24) is 9.88 Å². The van der Waals surface area contributed by atoms with Crippen molar-refractivity contribution in [3.8, 4) is 0 Å². The lowest BCUT2D eigenvalue weighted by atomic mass is 10.1. The van der Waals surface area contributed by atoms with Gasteiger partial charge < -0.3 is 29.5 Å². The number of carbonyl (C=O) groups excluding carboxylic acids is 2. The second-order valence-electron chi connectivity index (χ2n) is 8.49. The number of carbonyl (C=O) groups is 2. The van der Waals surface area contributed by atoms with Crippen LogP contribution >= 0.6 is 11.6 Å². The van der Waals surface area contributed by atoms with Crippen molar-refractivity contribution in [2.75, 3.05) is 19.4 Å². The van der Waals surface area contributed by atoms with Gasteiger partial charge in [0.05, 0.1) is 18.5 Å². The number of hydrogen-bond donors (Lipinski definition) is 2. The molecule has 33 heavy (non-hydrogen) atoms. The van der Waals surface area contributed by atoms with E-state index in [2.05, 4.69) is 15.0 Å². The SMILES string of the molecule is CC(C)(C)OC(N)=O.CCCc1oc2c(NCc3ccco3)cc(Cl)nc2c1C(=O)N(C)C. The van der Waals surface area contributed by atoms with Crippen LogP contribution < -0.4 is 11.1 Å². The second kappa shape index (κ2) is 11.1. The normalized spacial score (nSPS) is 11.0. The number of halogens is 1. The smallest absolute Gasteiger partial charge is 0.405 e. The zero-order chi connectivity index (χ0) is 24.8. The standard InChI is InChI=1S/C18H20ClN3O3.C5H11NO2/c1-4-6-13-15(18(23)22(2)3)16-17(25-13)12(9-14(19)21-16)20-10-11-7-5-8-24-11;1-5(2,3)8-4(6)7/h5,7-9H,4,6,10H2,1-3H3,(H,20,21);1-3H3,(H2,6,7). The molecule has 10 heteroatoms. The van der Waals surface area contributed by atoms with E-state index in [0.717, 1.165) is 12.2 Å². The summed E-state index contributed by atoms with van der Waals surface area (Å²) < 4.78 is 15.9. The molecule has 3 rings (SSSR count). The van der Waals surface area contributed by atoms with Gasteiger partial charge in [0.15, 0.2) is 5.58 Å². The van der Waals surface area contributed by atoms with Crippen molar-refractivity contribution in [3.05, 3.63) is 46.7 Å². The monoisotopic (exact) mass is 478 g/mol. The van der Waals surface area contributed by atoms with Crippen LogP contribution in [-0.4, -0.2) is 41.6 Å². The fourth-order valence-corrected chi connectivity index (χ4v) is 3.15. The minimum Gasteiger partial charge on any atom is -0.467 e. The van der Waals surface area contributed by atoms with Gasteiger partial charge in [0.25, 0.3) is 5.91 Å². The Morgan fingerprint density at radius 3 is 2.48 bits per heavy atom. The summed E-state index contributed by atoms with van der Waals surface area (Å²) in [4.78, 5) is 28.5. The lowest BCUT2D eigenvalue weighted by Crippen LogP contribution is -2.27. The number of ether oxygens (including phenoxy) is 1. The lowest BCUT2D eigenvalue weighted by molar-refractivity contribution is 0.0599. The van der Waals surface area contributed by atoms with E-state index in [-0.39, 0.29) is 5.91 Å². The molecule has 0 aliphatic carbocycles. The van der Waals surface area contributed by atoms with Crippen LogP contribution in [0.2, 0.25) is 5.15 Å². The van der Waals surface area contributed by atoms with Gasteiger partial charge in [-0.25, -0.2) is 9.78 Å². The topological polar surface area (TPSA) is 124 Å². The molecule has 9 nitrogen and oxygen atoms in total. The van der Waals surface area contributed by atoms with Crippen LogP contribution in [0.15, 0.2) is 33.3 Å². The lowest BCUT2D eigenvalue weighted by Gasteiger charge is -2.16. The highest BCUT2D eigenvalue weighted by Gasteiger charge is 2.25. The predicted molar refractivity (Wildman–Crippen MR) is 127 cm³/mol. The Kier molecular flexibility index (Phi) is 8.76. The zero-order valence-electron chi connectivity index (χ0n) is 19.8. The number of pyridine rings is 1. The Morgan fingerprint density at radius 2 is 2.00 bits per heavy atom. The van der Waals surface area contributed by atoms with Gasteiger partial charge >= 0.3 is 6.09 Å². The first-order valence-electron chi connectivity index (χ1n) is 10.5. The van der Waals surface area contributed by atoms with E-state index in [1.54, 1.807) is 47.2 Å². The summed E-state index contributed by atoms with van der Waals surface area (Å²) in [5.41, 5.74) is 6.44. The molecule has 0 saturated heterocycles. The van der Waals surface area contributed by atoms with Crippen LogP contribution in [0.3, 0.4) is 0 Å². The number of nitrogens with one attached hydrogen (secondary N) is 1. The maximum Gasteiger partial charge on any atom is 0.405 e. The van der Waals surface area contributed by atoms with E-state index < -0.39 is 11.7 Å². The largest absolute Gasteiger partial charge is 0.467 e. The molecule has 0 fully saturated rings. The number of rotatable bonds is 6. The van der Waals surface area contributed by atoms with Gasteiger partial charge in [0.1, 0.15) is 33.4 Å². The van der Waals surface area contributed by atoms with Crippen molar-refractivity contribution >= 4 is 40.4 Å². The number of aryl methyl sites for hydroxylation is 1. The second-order valence-corrected chi connectivity index (χ2v) is 8.87. The first kappa shape index (κ1) is 26.1. The molecule has 0 aromatic carbocycles. The number of primary amides is 1. The van der Waals surface area contributed by atoms with Crippen molar-refractivity contribution in [3.63, 3.8) is 0 Å². The minimum atomic E-state index is -0.725. The Balaban J connectivity index is 0.000000414. The van der Waals surface area contributed by atoms with Crippen LogP contribution in [0.25, 0.3) is 11.1 Å². The summed E-state index contributed by atoms with van der Waals surface area (Å²) in [6, 6.07) is 5.39. The van der Waals surface area contributed by atoms with E-state index in [4.69, 9.17) is 26.2 Å². The Hall–Kier alpha value is -3.20. The molecule has 0 radical (unpaired) electrons. The van der Waals surface area contributed by atoms with E-state index in [1.807, 2.05) is 19.1 Å². The fraction of sp³-hybridized carbons (Fsp3) is 0.435. The number of hydrogen-bond acceptors (Lipinski definition) is 7. The molecular formula is C23H31ClN4O5. The molecule has 0 bridgehead atoms. The number of furan rings is 2. The van der Waals surface area contributed by atoms with Crippen molar-refractivity contribution in [2.24, 2.45) is 5.73 Å². The van der Waals surface area contributed by atoms with Gasteiger partial charge in [-0.2, -0.15) is 0 Å². The number of fused-ring (bicyclic) bond motifs is 1. The molecule has 3 aromatic rings. The summed E-state index contributed by atoms with van der Waals surface area (Å²) in [6.07, 6.45) is 2.40. The van der Waals surface area contributed by atoms with Gasteiger partial charge in [0, 0.05) is 26.6 Å². The molecule has 0 spiro atoms. The highest BCUT2D eigenvalue weighted by molar-refractivity contribution is 6.30. The van der Waals surface area contributed by atoms with Gasteiger partial charge in [-0.15, -0.1) is 0 Å². The molecule has 3 aromatic heterocycles. The molecule has 0 aliphatic heterocycles. The number of aromatic nitrogens is 1. The van der Waals surface area contributed by atoms with Crippen molar-refractivity contribution in [2.45, 2.75) is 52.7 Å². The third-order valence-electron chi connectivity index (χ3n) is 4.22. The van der Waals surface area contributed by atoms with Crippen LogP contribution in [0.1, 0.15) is 56.0 Å². The molecule has 0 atom stereocenters. The molecule has 0 saturated carbocycles.